The number of hydrogen-bond acceptors (Lipinski definition) is 4. The minimum Gasteiger partial charge on any atom is -0.390 e. The Morgan fingerprint density at radius 1 is 1.57 bits per heavy atom. The van der Waals surface area contributed by atoms with Crippen LogP contribution in [0.3, 0.4) is 0 Å². The molecule has 0 saturated heterocycles. The Bertz CT molecular complexity index is 331. The van der Waals surface area contributed by atoms with E-state index in [1.54, 1.807) is 0 Å². The summed E-state index contributed by atoms with van der Waals surface area (Å²) in [6.07, 6.45) is 1.41. The summed E-state index contributed by atoms with van der Waals surface area (Å²) in [6.45, 7) is 7.46. The predicted molar refractivity (Wildman–Crippen MR) is 54.8 cm³/mol. The lowest BCUT2D eigenvalue weighted by Crippen LogP contribution is -2.21. The van der Waals surface area contributed by atoms with Crippen LogP contribution in [0, 0.1) is 10.1 Å². The zero-order valence-corrected chi connectivity index (χ0v) is 9.60. The van der Waals surface area contributed by atoms with E-state index in [2.05, 4.69) is 29.7 Å². The van der Waals surface area contributed by atoms with Gasteiger partial charge in [0.2, 0.25) is 6.33 Å². The van der Waals surface area contributed by atoms with E-state index in [0.29, 0.717) is 0 Å². The second-order valence-corrected chi connectivity index (χ2v) is 10.00. The molecule has 0 atom stereocenters. The second-order valence-electron chi connectivity index (χ2n) is 4.38. The molecular formula is C7H14N4O2Si. The summed E-state index contributed by atoms with van der Waals surface area (Å²) >= 11 is 0. The maximum Gasteiger partial charge on any atom is 0.490 e. The number of hydrogen-bond donors (Lipinski definition) is 0. The molecule has 0 amide bonds. The highest BCUT2D eigenvalue weighted by molar-refractivity contribution is 6.76. The van der Waals surface area contributed by atoms with E-state index < -0.39 is 13.0 Å². The third-order valence-corrected chi connectivity index (χ3v) is 3.50. The van der Waals surface area contributed by atoms with Crippen molar-refractivity contribution in [2.45, 2.75) is 32.2 Å². The zero-order chi connectivity index (χ0) is 10.8. The largest absolute Gasteiger partial charge is 0.490 e. The van der Waals surface area contributed by atoms with Crippen LogP contribution in [-0.4, -0.2) is 27.8 Å². The molecule has 0 aliphatic heterocycles. The average molecular weight is 214 g/mol. The molecule has 0 spiro atoms. The van der Waals surface area contributed by atoms with Crippen LogP contribution in [0.1, 0.15) is 0 Å². The number of rotatable bonds is 4. The van der Waals surface area contributed by atoms with Crippen LogP contribution in [0.4, 0.5) is 5.95 Å². The molecule has 1 aromatic rings. The molecule has 0 aliphatic carbocycles. The van der Waals surface area contributed by atoms with Crippen LogP contribution in [0.5, 0.6) is 0 Å². The Labute approximate surface area is 83.1 Å². The van der Waals surface area contributed by atoms with Crippen molar-refractivity contribution < 1.29 is 4.92 Å². The van der Waals surface area contributed by atoms with E-state index in [0.717, 1.165) is 12.6 Å². The molecule has 0 saturated carbocycles. The van der Waals surface area contributed by atoms with E-state index in [9.17, 15) is 10.1 Å². The molecule has 0 bridgehead atoms. The normalized spacial score (nSPS) is 11.6. The van der Waals surface area contributed by atoms with Gasteiger partial charge in [0.25, 0.3) is 0 Å². The van der Waals surface area contributed by atoms with E-state index in [-0.39, 0.29) is 5.95 Å². The molecule has 6 nitrogen and oxygen atoms in total. The number of nitrogens with zero attached hydrogens (tertiary/aromatic N) is 4. The lowest BCUT2D eigenvalue weighted by atomic mass is 10.8. The SMILES string of the molecule is C[Si](C)(C)CCn1cnc([N+](=O)[O-])n1. The molecule has 1 rings (SSSR count). The summed E-state index contributed by atoms with van der Waals surface area (Å²) in [5, 5.41) is 14.0. The Balaban J connectivity index is 2.56. The van der Waals surface area contributed by atoms with Crippen LogP contribution in [0.25, 0.3) is 0 Å². The quantitative estimate of drug-likeness (QED) is 0.432. The van der Waals surface area contributed by atoms with E-state index >= 15 is 0 Å². The van der Waals surface area contributed by atoms with Crippen molar-refractivity contribution in [3.05, 3.63) is 16.4 Å². The van der Waals surface area contributed by atoms with Crippen LogP contribution in [0.15, 0.2) is 6.33 Å². The number of aromatic nitrogens is 3. The third-order valence-electron chi connectivity index (χ3n) is 1.78. The summed E-state index contributed by atoms with van der Waals surface area (Å²) < 4.78 is 1.54. The van der Waals surface area contributed by atoms with Gasteiger partial charge in [-0.1, -0.05) is 24.6 Å². The van der Waals surface area contributed by atoms with Crippen LogP contribution < -0.4 is 0 Å². The van der Waals surface area contributed by atoms with Crippen LogP contribution >= 0.6 is 0 Å². The van der Waals surface area contributed by atoms with Crippen molar-refractivity contribution in [1.82, 2.24) is 14.8 Å². The van der Waals surface area contributed by atoms with Gasteiger partial charge in [0.05, 0.1) is 6.54 Å². The first-order valence-corrected chi connectivity index (χ1v) is 8.13. The van der Waals surface area contributed by atoms with Gasteiger partial charge in [-0.25, -0.2) is 0 Å². The fourth-order valence-corrected chi connectivity index (χ4v) is 1.83. The molecule has 0 N–H and O–H groups in total. The third kappa shape index (κ3) is 3.25. The Hall–Kier alpha value is -1.24. The molecule has 1 heterocycles. The van der Waals surface area contributed by atoms with Crippen molar-refractivity contribution in [3.8, 4) is 0 Å². The highest BCUT2D eigenvalue weighted by atomic mass is 28.3. The van der Waals surface area contributed by atoms with Gasteiger partial charge in [-0.15, -0.1) is 0 Å². The van der Waals surface area contributed by atoms with Gasteiger partial charge in [-0.05, 0) is 11.0 Å². The minimum absolute atomic E-state index is 0.319. The number of nitro groups is 1. The van der Waals surface area contributed by atoms with Gasteiger partial charge < -0.3 is 10.1 Å². The second kappa shape index (κ2) is 3.87. The van der Waals surface area contributed by atoms with Crippen LogP contribution in [-0.2, 0) is 6.54 Å². The average Bonchev–Trinajstić information content (AvgIpc) is 2.47. The van der Waals surface area contributed by atoms with E-state index in [4.69, 9.17) is 0 Å². The van der Waals surface area contributed by atoms with Gasteiger partial charge in [0.1, 0.15) is 0 Å². The van der Waals surface area contributed by atoms with E-state index in [1.165, 1.54) is 11.0 Å². The van der Waals surface area contributed by atoms with Crippen molar-refractivity contribution in [2.24, 2.45) is 0 Å². The summed E-state index contributed by atoms with van der Waals surface area (Å²) in [7, 11) is -1.12. The molecule has 0 aliphatic rings. The lowest BCUT2D eigenvalue weighted by molar-refractivity contribution is -0.394. The molecule has 7 heteroatoms. The molecule has 1 aromatic heterocycles. The number of aryl methyl sites for hydroxylation is 1. The molecule has 0 unspecified atom stereocenters. The molecule has 78 valence electrons. The molecule has 0 aromatic carbocycles. The summed E-state index contributed by atoms with van der Waals surface area (Å²) in [4.78, 5) is 13.3. The van der Waals surface area contributed by atoms with Crippen LogP contribution in [0.2, 0.25) is 25.7 Å². The predicted octanol–water partition coefficient (Wildman–Crippen LogP) is 1.52. The Morgan fingerprint density at radius 2 is 2.21 bits per heavy atom. The van der Waals surface area contributed by atoms with Gasteiger partial charge in [-0.3, -0.25) is 0 Å². The smallest absolute Gasteiger partial charge is 0.390 e. The summed E-state index contributed by atoms with van der Waals surface area (Å²) in [5.74, 6) is -0.319. The lowest BCUT2D eigenvalue weighted by Gasteiger charge is -2.13. The topological polar surface area (TPSA) is 73.8 Å². The first kappa shape index (κ1) is 10.8. The summed E-state index contributed by atoms with van der Waals surface area (Å²) in [6, 6.07) is 1.05. The van der Waals surface area contributed by atoms with Gasteiger partial charge in [0.15, 0.2) is 0 Å². The van der Waals surface area contributed by atoms with Gasteiger partial charge in [-0.2, -0.15) is 4.68 Å². The van der Waals surface area contributed by atoms with Crippen molar-refractivity contribution in [3.63, 3.8) is 0 Å². The molecule has 0 radical (unpaired) electrons. The van der Waals surface area contributed by atoms with E-state index in [1.807, 2.05) is 0 Å². The Morgan fingerprint density at radius 3 is 2.64 bits per heavy atom. The zero-order valence-electron chi connectivity index (χ0n) is 8.60. The van der Waals surface area contributed by atoms with Crippen molar-refractivity contribution >= 4 is 14.0 Å². The monoisotopic (exact) mass is 214 g/mol. The summed E-state index contributed by atoms with van der Waals surface area (Å²) in [5.41, 5.74) is 0. The van der Waals surface area contributed by atoms with Crippen molar-refractivity contribution in [2.75, 3.05) is 0 Å². The first-order chi connectivity index (χ1) is 6.38. The highest BCUT2D eigenvalue weighted by Gasteiger charge is 2.16. The maximum absolute atomic E-state index is 10.3. The van der Waals surface area contributed by atoms with Gasteiger partial charge in [0, 0.05) is 13.2 Å². The van der Waals surface area contributed by atoms with Crippen molar-refractivity contribution in [1.29, 1.82) is 0 Å². The highest BCUT2D eigenvalue weighted by Crippen LogP contribution is 2.09. The molecule has 0 fully saturated rings. The minimum atomic E-state index is -1.12. The van der Waals surface area contributed by atoms with Gasteiger partial charge >= 0.3 is 5.95 Å². The standard InChI is InChI=1S/C7H14N4O2Si/c1-14(2,3)5-4-10-6-8-7(9-10)11(12)13/h6H,4-5H2,1-3H3. The maximum atomic E-state index is 10.3. The molecular weight excluding hydrogens is 200 g/mol. The molecule has 14 heavy (non-hydrogen) atoms. The Kier molecular flexibility index (Phi) is 2.99. The fourth-order valence-electron chi connectivity index (χ4n) is 0.926. The fraction of sp³-hybridized carbons (Fsp3) is 0.714. The first-order valence-electron chi connectivity index (χ1n) is 4.42.